The molecule has 2 aliphatic rings. The maximum atomic E-state index is 14.8. The van der Waals surface area contributed by atoms with Gasteiger partial charge in [-0.05, 0) is 104 Å². The predicted molar refractivity (Wildman–Crippen MR) is 203 cm³/mol. The van der Waals surface area contributed by atoms with Gasteiger partial charge < -0.3 is 28.5 Å². The first kappa shape index (κ1) is 36.7. The summed E-state index contributed by atoms with van der Waals surface area (Å²) < 4.78 is 23.5. The number of hydrogen-bond donors (Lipinski definition) is 2. The second-order valence-corrected chi connectivity index (χ2v) is 15.0. The van der Waals surface area contributed by atoms with E-state index >= 15 is 0 Å². The minimum absolute atomic E-state index is 0.0292. The molecular formula is C41H41N4O8P. The number of amides is 3. The van der Waals surface area contributed by atoms with Crippen LogP contribution in [-0.4, -0.2) is 61.7 Å². The second-order valence-electron chi connectivity index (χ2n) is 13.8. The molecule has 0 saturated heterocycles. The quantitative estimate of drug-likeness (QED) is 0.172. The summed E-state index contributed by atoms with van der Waals surface area (Å²) in [6.07, 6.45) is 0.815. The monoisotopic (exact) mass is 748 g/mol. The minimum Gasteiger partial charge on any atom is -0.410 e. The van der Waals surface area contributed by atoms with Gasteiger partial charge >= 0.3 is 13.9 Å². The summed E-state index contributed by atoms with van der Waals surface area (Å²) in [5.74, 6) is -0.0174. The molecule has 1 atom stereocenters. The van der Waals surface area contributed by atoms with Crippen molar-refractivity contribution in [3.8, 4) is 22.8 Å². The Morgan fingerprint density at radius 1 is 0.815 bits per heavy atom. The third-order valence-corrected chi connectivity index (χ3v) is 10.8. The van der Waals surface area contributed by atoms with Gasteiger partial charge in [0.05, 0.1) is 5.56 Å². The fourth-order valence-electron chi connectivity index (χ4n) is 7.25. The molecule has 5 aromatic rings. The lowest BCUT2D eigenvalue weighted by molar-refractivity contribution is 0.0658. The Hall–Kier alpha value is -5.68. The smallest absolute Gasteiger partial charge is 0.410 e. The van der Waals surface area contributed by atoms with E-state index in [0.717, 1.165) is 23.1 Å². The SMILES string of the molecule is Cc1c(C(=O)N(C)c2ccc(OP(=O)(O)O)cc2)cc(-c2cc3c(cc2C(=O)N2Cc4ccccc4C[C@H]2C)CN(C(=O)Oc2ccccc2)CC3)n1C. The number of hydrogen-bond acceptors (Lipinski definition) is 6. The summed E-state index contributed by atoms with van der Waals surface area (Å²) in [4.78, 5) is 65.3. The summed E-state index contributed by atoms with van der Waals surface area (Å²) in [7, 11) is -1.25. The van der Waals surface area contributed by atoms with Crippen LogP contribution in [0.5, 0.6) is 11.5 Å². The van der Waals surface area contributed by atoms with E-state index in [1.54, 1.807) is 54.4 Å². The lowest BCUT2D eigenvalue weighted by Crippen LogP contribution is -2.43. The topological polar surface area (TPSA) is 142 Å². The average Bonchev–Trinajstić information content (AvgIpc) is 3.45. The Morgan fingerprint density at radius 2 is 1.50 bits per heavy atom. The number of nitrogens with zero attached hydrogens (tertiary/aromatic N) is 4. The van der Waals surface area contributed by atoms with Gasteiger partial charge in [0.1, 0.15) is 11.5 Å². The van der Waals surface area contributed by atoms with Gasteiger partial charge in [-0.2, -0.15) is 0 Å². The lowest BCUT2D eigenvalue weighted by Gasteiger charge is -2.36. The summed E-state index contributed by atoms with van der Waals surface area (Å²) in [5.41, 5.74) is 7.65. The first-order valence-electron chi connectivity index (χ1n) is 17.6. The number of ether oxygens (including phenoxy) is 1. The molecule has 0 unspecified atom stereocenters. The number of carbonyl (C=O) groups excluding carboxylic acids is 3. The molecule has 2 N–H and O–H groups in total. The molecule has 0 spiro atoms. The second kappa shape index (κ2) is 14.6. The largest absolute Gasteiger partial charge is 0.524 e. The Bertz CT molecular complexity index is 2300. The van der Waals surface area contributed by atoms with Crippen LogP contribution in [0.15, 0.2) is 97.1 Å². The number of carbonyl (C=O) groups is 3. The predicted octanol–water partition coefficient (Wildman–Crippen LogP) is 6.89. The van der Waals surface area contributed by atoms with Crippen LogP contribution < -0.4 is 14.2 Å². The van der Waals surface area contributed by atoms with Gasteiger partial charge in [-0.3, -0.25) is 19.4 Å². The van der Waals surface area contributed by atoms with Crippen LogP contribution in [-0.2, 0) is 37.5 Å². The standard InChI is InChI=1S/C41H41N4O8P/c1-26-20-28-10-8-9-11-30(28)25-45(26)40(47)37-22-31-24-44(41(48)52-33-12-6-5-7-13-33)19-18-29(31)21-36(37)38-23-35(27(2)42(38)3)39(46)43(4)32-14-16-34(17-15-32)53-54(49,50)51/h5-17,21-23,26H,18-20,24-25H2,1-4H3,(H2,49,50,51)/t26-/m1/s1. The van der Waals surface area contributed by atoms with E-state index in [9.17, 15) is 18.9 Å². The van der Waals surface area contributed by atoms with Crippen molar-refractivity contribution in [2.24, 2.45) is 7.05 Å². The maximum absolute atomic E-state index is 14.8. The highest BCUT2D eigenvalue weighted by molar-refractivity contribution is 7.46. The van der Waals surface area contributed by atoms with Gasteiger partial charge in [0, 0.05) is 68.0 Å². The Morgan fingerprint density at radius 3 is 2.20 bits per heavy atom. The molecule has 0 radical (unpaired) electrons. The van der Waals surface area contributed by atoms with Crippen molar-refractivity contribution in [1.82, 2.24) is 14.4 Å². The summed E-state index contributed by atoms with van der Waals surface area (Å²) in [6, 6.07) is 28.6. The molecule has 3 heterocycles. The van der Waals surface area contributed by atoms with Crippen molar-refractivity contribution in [3.05, 3.63) is 136 Å². The molecule has 2 aliphatic heterocycles. The van der Waals surface area contributed by atoms with E-state index in [4.69, 9.17) is 14.5 Å². The van der Waals surface area contributed by atoms with Crippen molar-refractivity contribution in [2.45, 2.75) is 45.8 Å². The average molecular weight is 749 g/mol. The molecule has 1 aromatic heterocycles. The first-order chi connectivity index (χ1) is 25.8. The third kappa shape index (κ3) is 7.41. The number of fused-ring (bicyclic) bond motifs is 2. The van der Waals surface area contributed by atoms with E-state index < -0.39 is 13.9 Å². The minimum atomic E-state index is -4.73. The van der Waals surface area contributed by atoms with Crippen LogP contribution >= 0.6 is 7.82 Å². The zero-order chi connectivity index (χ0) is 38.3. The number of aromatic nitrogens is 1. The number of anilines is 1. The fourth-order valence-corrected chi connectivity index (χ4v) is 7.65. The Kier molecular flexibility index (Phi) is 9.93. The van der Waals surface area contributed by atoms with E-state index in [-0.39, 0.29) is 30.2 Å². The highest BCUT2D eigenvalue weighted by Gasteiger charge is 2.33. The van der Waals surface area contributed by atoms with Crippen LogP contribution in [0.1, 0.15) is 55.6 Å². The number of para-hydroxylation sites is 1. The summed E-state index contributed by atoms with van der Waals surface area (Å²) in [5, 5.41) is 0. The van der Waals surface area contributed by atoms with E-state index in [2.05, 4.69) is 23.6 Å². The lowest BCUT2D eigenvalue weighted by atomic mass is 9.90. The van der Waals surface area contributed by atoms with Gasteiger partial charge in [-0.15, -0.1) is 0 Å². The number of phosphoric ester groups is 1. The van der Waals surface area contributed by atoms with Crippen LogP contribution in [0.3, 0.4) is 0 Å². The van der Waals surface area contributed by atoms with Crippen molar-refractivity contribution in [3.63, 3.8) is 0 Å². The summed E-state index contributed by atoms with van der Waals surface area (Å²) in [6.45, 7) is 5.07. The van der Waals surface area contributed by atoms with Gasteiger partial charge in [-0.1, -0.05) is 42.5 Å². The third-order valence-electron chi connectivity index (χ3n) is 10.4. The fraction of sp³-hybridized carbons (Fsp3) is 0.244. The number of phosphoric acid groups is 1. The van der Waals surface area contributed by atoms with Crippen molar-refractivity contribution in [1.29, 1.82) is 0 Å². The molecule has 7 rings (SSSR count). The molecule has 12 nitrogen and oxygen atoms in total. The molecule has 0 fully saturated rings. The van der Waals surface area contributed by atoms with Gasteiger partial charge in [0.25, 0.3) is 11.8 Å². The molecule has 0 bridgehead atoms. The number of rotatable bonds is 7. The van der Waals surface area contributed by atoms with Gasteiger partial charge in [0.2, 0.25) is 0 Å². The van der Waals surface area contributed by atoms with Crippen LogP contribution in [0.4, 0.5) is 10.5 Å². The molecule has 3 amide bonds. The molecule has 278 valence electrons. The molecule has 13 heteroatoms. The van der Waals surface area contributed by atoms with Gasteiger partial charge in [0.15, 0.2) is 0 Å². The zero-order valence-corrected chi connectivity index (χ0v) is 31.3. The van der Waals surface area contributed by atoms with Gasteiger partial charge in [-0.25, -0.2) is 9.36 Å². The molecule has 0 aliphatic carbocycles. The van der Waals surface area contributed by atoms with E-state index in [0.29, 0.717) is 59.0 Å². The van der Waals surface area contributed by atoms with Crippen LogP contribution in [0, 0.1) is 6.92 Å². The molecule has 4 aromatic carbocycles. The highest BCUT2D eigenvalue weighted by atomic mass is 31.2. The van der Waals surface area contributed by atoms with Crippen molar-refractivity contribution < 1.29 is 38.0 Å². The van der Waals surface area contributed by atoms with E-state index in [1.165, 1.54) is 22.6 Å². The normalized spacial score (nSPS) is 15.3. The molecular weight excluding hydrogens is 707 g/mol. The maximum Gasteiger partial charge on any atom is 0.524 e. The first-order valence-corrected chi connectivity index (χ1v) is 19.2. The van der Waals surface area contributed by atoms with Crippen molar-refractivity contribution in [2.75, 3.05) is 18.5 Å². The zero-order valence-electron chi connectivity index (χ0n) is 30.4. The molecule has 54 heavy (non-hydrogen) atoms. The molecule has 0 saturated carbocycles. The van der Waals surface area contributed by atoms with E-state index in [1.807, 2.05) is 53.8 Å². The highest BCUT2D eigenvalue weighted by Crippen LogP contribution is 2.39. The Labute approximate surface area is 313 Å². The van der Waals surface area contributed by atoms with Crippen molar-refractivity contribution >= 4 is 31.4 Å². The summed E-state index contributed by atoms with van der Waals surface area (Å²) >= 11 is 0. The van der Waals surface area contributed by atoms with Crippen LogP contribution in [0.2, 0.25) is 0 Å². The number of benzene rings is 4. The Balaban J connectivity index is 1.24. The van der Waals surface area contributed by atoms with Crippen LogP contribution in [0.25, 0.3) is 11.3 Å².